The highest BCUT2D eigenvalue weighted by molar-refractivity contribution is 6.30. The van der Waals surface area contributed by atoms with E-state index in [1.54, 1.807) is 32.2 Å². The zero-order valence-corrected chi connectivity index (χ0v) is 20.7. The summed E-state index contributed by atoms with van der Waals surface area (Å²) < 4.78 is 29.8. The highest BCUT2D eigenvalue weighted by Gasteiger charge is 2.27. The quantitative estimate of drug-likeness (QED) is 0.412. The Morgan fingerprint density at radius 1 is 1.14 bits per heavy atom. The number of anilines is 1. The first-order chi connectivity index (χ1) is 17.4. The van der Waals surface area contributed by atoms with Crippen LogP contribution in [0.4, 0.5) is 10.1 Å². The molecule has 0 bridgehead atoms. The van der Waals surface area contributed by atoms with Gasteiger partial charge in [-0.15, -0.1) is 0 Å². The average molecular weight is 510 g/mol. The molecule has 0 unspecified atom stereocenters. The van der Waals surface area contributed by atoms with Gasteiger partial charge in [-0.25, -0.2) is 9.37 Å². The van der Waals surface area contributed by atoms with Crippen LogP contribution in [0, 0.1) is 19.7 Å². The molecule has 1 atom stereocenters. The Morgan fingerprint density at radius 3 is 2.72 bits per heavy atom. The summed E-state index contributed by atoms with van der Waals surface area (Å²) in [6.45, 7) is 6.57. The van der Waals surface area contributed by atoms with Crippen molar-refractivity contribution in [2.45, 2.75) is 26.0 Å². The zero-order chi connectivity index (χ0) is 25.0. The van der Waals surface area contributed by atoms with Crippen LogP contribution in [0.2, 0.25) is 5.02 Å². The van der Waals surface area contributed by atoms with Crippen molar-refractivity contribution in [3.8, 4) is 11.1 Å². The predicted molar refractivity (Wildman–Crippen MR) is 134 cm³/mol. The standard InChI is InChI=1S/C26H25ClFN5O3/c1-15-16(2)30-25-22(21-4-3-18(27)7-23(21)28)8-19(11-32(25)26(15)34)31-5-6-36-24(12-31)17-9-29-33(10-17)20-13-35-14-20/h3-4,7-11,20,24H,5-6,12-14H2,1-2H3/t24-/m1/s1. The number of halogens is 2. The van der Waals surface area contributed by atoms with Gasteiger partial charge in [0.1, 0.15) is 17.6 Å². The van der Waals surface area contributed by atoms with Gasteiger partial charge in [-0.3, -0.25) is 13.9 Å². The number of fused-ring (bicyclic) bond motifs is 1. The van der Waals surface area contributed by atoms with Crippen LogP contribution in [0.1, 0.15) is 29.0 Å². The Balaban J connectivity index is 1.43. The Bertz CT molecular complexity index is 1530. The van der Waals surface area contributed by atoms with E-state index < -0.39 is 5.82 Å². The Morgan fingerprint density at radius 2 is 1.97 bits per heavy atom. The van der Waals surface area contributed by atoms with Gasteiger partial charge < -0.3 is 14.4 Å². The number of aryl methyl sites for hydroxylation is 1. The van der Waals surface area contributed by atoms with Crippen molar-refractivity contribution in [3.63, 3.8) is 0 Å². The Kier molecular flexibility index (Phi) is 5.78. The number of pyridine rings is 1. The van der Waals surface area contributed by atoms with Crippen molar-refractivity contribution in [2.75, 3.05) is 37.8 Å². The van der Waals surface area contributed by atoms with Gasteiger partial charge in [0.15, 0.2) is 0 Å². The summed E-state index contributed by atoms with van der Waals surface area (Å²) in [6.07, 6.45) is 5.44. The normalized spacial score (nSPS) is 18.6. The lowest BCUT2D eigenvalue weighted by Gasteiger charge is -2.34. The van der Waals surface area contributed by atoms with E-state index in [0.29, 0.717) is 66.0 Å². The summed E-state index contributed by atoms with van der Waals surface area (Å²) >= 11 is 6.01. The van der Waals surface area contributed by atoms with Gasteiger partial charge in [0.2, 0.25) is 0 Å². The van der Waals surface area contributed by atoms with Crippen LogP contribution in [0.3, 0.4) is 0 Å². The van der Waals surface area contributed by atoms with E-state index in [1.165, 1.54) is 10.5 Å². The molecule has 186 valence electrons. The summed E-state index contributed by atoms with van der Waals surface area (Å²) in [6, 6.07) is 6.69. The Labute approximate surface area is 211 Å². The number of nitrogens with zero attached hydrogens (tertiary/aromatic N) is 5. The monoisotopic (exact) mass is 509 g/mol. The first-order valence-corrected chi connectivity index (χ1v) is 12.2. The topological polar surface area (TPSA) is 73.9 Å². The molecule has 0 spiro atoms. The fourth-order valence-electron chi connectivity index (χ4n) is 4.68. The maximum Gasteiger partial charge on any atom is 0.261 e. The number of rotatable bonds is 4. The maximum absolute atomic E-state index is 15.1. The molecule has 2 aliphatic rings. The van der Waals surface area contributed by atoms with Crippen LogP contribution < -0.4 is 10.5 Å². The number of hydrogen-bond donors (Lipinski definition) is 0. The fraction of sp³-hybridized carbons (Fsp3) is 0.346. The summed E-state index contributed by atoms with van der Waals surface area (Å²) in [5.74, 6) is -0.471. The van der Waals surface area contributed by atoms with Gasteiger partial charge in [-0.05, 0) is 38.1 Å². The molecule has 10 heteroatoms. The number of hydrogen-bond acceptors (Lipinski definition) is 6. The van der Waals surface area contributed by atoms with Crippen LogP contribution in [-0.2, 0) is 9.47 Å². The second-order valence-corrected chi connectivity index (χ2v) is 9.74. The number of ether oxygens (including phenoxy) is 2. The van der Waals surface area contributed by atoms with E-state index in [-0.39, 0.29) is 17.7 Å². The van der Waals surface area contributed by atoms with Crippen molar-refractivity contribution in [2.24, 2.45) is 0 Å². The summed E-state index contributed by atoms with van der Waals surface area (Å²) in [5, 5.41) is 4.79. The Hall–Kier alpha value is -3.27. The molecule has 0 amide bonds. The molecule has 3 aromatic heterocycles. The molecule has 2 aliphatic heterocycles. The molecule has 36 heavy (non-hydrogen) atoms. The lowest BCUT2D eigenvalue weighted by molar-refractivity contribution is -0.0288. The third-order valence-electron chi connectivity index (χ3n) is 7.02. The first-order valence-electron chi connectivity index (χ1n) is 11.9. The lowest BCUT2D eigenvalue weighted by atomic mass is 10.0. The largest absolute Gasteiger partial charge is 0.377 e. The lowest BCUT2D eigenvalue weighted by Crippen LogP contribution is -2.38. The molecule has 1 aromatic carbocycles. The minimum Gasteiger partial charge on any atom is -0.377 e. The highest BCUT2D eigenvalue weighted by Crippen LogP contribution is 2.33. The van der Waals surface area contributed by atoms with Crippen molar-refractivity contribution >= 4 is 22.9 Å². The van der Waals surface area contributed by atoms with E-state index in [2.05, 4.69) is 15.0 Å². The number of aromatic nitrogens is 4. The van der Waals surface area contributed by atoms with Gasteiger partial charge in [-0.1, -0.05) is 11.6 Å². The zero-order valence-electron chi connectivity index (χ0n) is 19.9. The molecule has 4 aromatic rings. The maximum atomic E-state index is 15.1. The van der Waals surface area contributed by atoms with E-state index in [0.717, 1.165) is 11.3 Å². The van der Waals surface area contributed by atoms with E-state index in [4.69, 9.17) is 21.1 Å². The van der Waals surface area contributed by atoms with E-state index in [9.17, 15) is 4.79 Å². The van der Waals surface area contributed by atoms with Crippen LogP contribution in [0.25, 0.3) is 16.8 Å². The summed E-state index contributed by atoms with van der Waals surface area (Å²) in [5.41, 5.74) is 4.04. The number of morpholine rings is 1. The van der Waals surface area contributed by atoms with Crippen molar-refractivity contribution in [3.05, 3.63) is 80.9 Å². The third-order valence-corrected chi connectivity index (χ3v) is 7.25. The molecule has 8 nitrogen and oxygen atoms in total. The molecular formula is C26H25ClFN5O3. The van der Waals surface area contributed by atoms with Crippen molar-refractivity contribution in [1.82, 2.24) is 19.2 Å². The van der Waals surface area contributed by atoms with Crippen molar-refractivity contribution in [1.29, 1.82) is 0 Å². The first kappa shape index (κ1) is 23.1. The van der Waals surface area contributed by atoms with Crippen LogP contribution in [0.15, 0.2) is 47.7 Å². The number of benzene rings is 1. The van der Waals surface area contributed by atoms with Crippen LogP contribution >= 0.6 is 11.6 Å². The smallest absolute Gasteiger partial charge is 0.261 e. The second kappa shape index (κ2) is 8.99. The van der Waals surface area contributed by atoms with E-state index >= 15 is 4.39 Å². The van der Waals surface area contributed by atoms with Crippen LogP contribution in [-0.4, -0.2) is 52.1 Å². The second-order valence-electron chi connectivity index (χ2n) is 9.31. The molecule has 0 N–H and O–H groups in total. The summed E-state index contributed by atoms with van der Waals surface area (Å²) in [4.78, 5) is 20.0. The minimum atomic E-state index is -0.471. The SMILES string of the molecule is Cc1nc2c(-c3ccc(Cl)cc3F)cc(N3CCO[C@@H](c4cnn(C5COC5)c4)C3)cn2c(=O)c1C. The molecule has 0 radical (unpaired) electrons. The fourth-order valence-corrected chi connectivity index (χ4v) is 4.84. The third kappa shape index (κ3) is 3.97. The van der Waals surface area contributed by atoms with Crippen LogP contribution in [0.5, 0.6) is 0 Å². The van der Waals surface area contributed by atoms with Gasteiger partial charge in [0.25, 0.3) is 5.56 Å². The molecule has 2 saturated heterocycles. The molecule has 6 rings (SSSR count). The molecule has 0 saturated carbocycles. The molecular weight excluding hydrogens is 485 g/mol. The van der Waals surface area contributed by atoms with Gasteiger partial charge >= 0.3 is 0 Å². The molecule has 5 heterocycles. The van der Waals surface area contributed by atoms with Crippen molar-refractivity contribution < 1.29 is 13.9 Å². The van der Waals surface area contributed by atoms with Gasteiger partial charge in [0, 0.05) is 58.5 Å². The highest BCUT2D eigenvalue weighted by atomic mass is 35.5. The average Bonchev–Trinajstić information content (AvgIpc) is 3.31. The van der Waals surface area contributed by atoms with Gasteiger partial charge in [0.05, 0.1) is 37.7 Å². The molecule has 2 fully saturated rings. The molecule has 0 aliphatic carbocycles. The summed E-state index contributed by atoms with van der Waals surface area (Å²) in [7, 11) is 0. The minimum absolute atomic E-state index is 0.177. The van der Waals surface area contributed by atoms with Gasteiger partial charge in [-0.2, -0.15) is 5.10 Å². The van der Waals surface area contributed by atoms with E-state index in [1.807, 2.05) is 23.1 Å². The predicted octanol–water partition coefficient (Wildman–Crippen LogP) is 4.12.